The Balaban J connectivity index is 1.65. The second-order valence-corrected chi connectivity index (χ2v) is 8.98. The molecule has 6 nitrogen and oxygen atoms in total. The smallest absolute Gasteiger partial charge is 0.230 e. The van der Waals surface area contributed by atoms with Crippen molar-refractivity contribution in [3.63, 3.8) is 0 Å². The minimum Gasteiger partial charge on any atom is -0.497 e. The summed E-state index contributed by atoms with van der Waals surface area (Å²) < 4.78 is 7.29. The van der Waals surface area contributed by atoms with Gasteiger partial charge in [0, 0.05) is 20.1 Å². The van der Waals surface area contributed by atoms with Crippen molar-refractivity contribution in [2.24, 2.45) is 10.7 Å². The highest BCUT2D eigenvalue weighted by Crippen LogP contribution is 2.27. The van der Waals surface area contributed by atoms with E-state index in [0.29, 0.717) is 12.5 Å². The molecule has 0 saturated heterocycles. The number of ether oxygens (including phenoxy) is 1. The molecule has 0 saturated carbocycles. The molecule has 0 amide bonds. The molecule has 0 radical (unpaired) electrons. The van der Waals surface area contributed by atoms with Crippen LogP contribution in [0.1, 0.15) is 5.56 Å². The maximum atomic E-state index is 6.15. The van der Waals surface area contributed by atoms with Crippen LogP contribution in [0.2, 0.25) is 0 Å². The van der Waals surface area contributed by atoms with Crippen LogP contribution in [0.25, 0.3) is 22.5 Å². The minimum atomic E-state index is 0.242. The lowest BCUT2D eigenvalue weighted by Crippen LogP contribution is -2.24. The SMILES string of the molecule is COc1ccc(-c2cc(-c3ccc(Br)cc3)nc(NC(N)=NCc3ccc(Br)cc3)n2)cc1. The van der Waals surface area contributed by atoms with Gasteiger partial charge in [0.05, 0.1) is 25.0 Å². The number of rotatable bonds is 6. The van der Waals surface area contributed by atoms with Crippen LogP contribution in [0.4, 0.5) is 5.95 Å². The maximum absolute atomic E-state index is 6.15. The van der Waals surface area contributed by atoms with Crippen LogP contribution in [0.3, 0.4) is 0 Å². The molecule has 0 fully saturated rings. The van der Waals surface area contributed by atoms with Crippen molar-refractivity contribution in [3.8, 4) is 28.3 Å². The molecular formula is C25H21Br2N5O. The number of nitrogens with two attached hydrogens (primary N) is 1. The Hall–Kier alpha value is -3.23. The lowest BCUT2D eigenvalue weighted by atomic mass is 10.1. The van der Waals surface area contributed by atoms with Gasteiger partial charge in [-0.05, 0) is 60.2 Å². The molecule has 1 heterocycles. The van der Waals surface area contributed by atoms with Crippen molar-refractivity contribution in [3.05, 3.63) is 93.4 Å². The largest absolute Gasteiger partial charge is 0.497 e. The predicted molar refractivity (Wildman–Crippen MR) is 140 cm³/mol. The van der Waals surface area contributed by atoms with Gasteiger partial charge in [0.1, 0.15) is 5.75 Å². The standard InChI is InChI=1S/C25H21Br2N5O/c1-33-21-12-6-18(7-13-21)23-14-22(17-4-10-20(27)11-5-17)30-25(31-23)32-24(28)29-15-16-2-8-19(26)9-3-16/h2-14H,15H2,1H3,(H3,28,29,30,31,32). The summed E-state index contributed by atoms with van der Waals surface area (Å²) in [5.74, 6) is 1.40. The highest BCUT2D eigenvalue weighted by atomic mass is 79.9. The lowest BCUT2D eigenvalue weighted by molar-refractivity contribution is 0.415. The normalized spacial score (nSPS) is 11.3. The monoisotopic (exact) mass is 565 g/mol. The summed E-state index contributed by atoms with van der Waals surface area (Å²) in [4.78, 5) is 13.8. The number of aliphatic imine (C=N–C) groups is 1. The van der Waals surface area contributed by atoms with Gasteiger partial charge in [-0.15, -0.1) is 0 Å². The van der Waals surface area contributed by atoms with Gasteiger partial charge in [-0.2, -0.15) is 0 Å². The van der Waals surface area contributed by atoms with Crippen molar-refractivity contribution in [1.29, 1.82) is 0 Å². The van der Waals surface area contributed by atoms with Gasteiger partial charge < -0.3 is 10.5 Å². The van der Waals surface area contributed by atoms with E-state index in [9.17, 15) is 0 Å². The third-order valence-electron chi connectivity index (χ3n) is 4.84. The molecule has 8 heteroatoms. The van der Waals surface area contributed by atoms with Crippen molar-refractivity contribution in [2.75, 3.05) is 12.4 Å². The van der Waals surface area contributed by atoms with Crippen molar-refractivity contribution in [2.45, 2.75) is 6.54 Å². The zero-order chi connectivity index (χ0) is 23.2. The molecule has 4 rings (SSSR count). The molecular weight excluding hydrogens is 546 g/mol. The molecule has 0 bridgehead atoms. The van der Waals surface area contributed by atoms with Gasteiger partial charge in [-0.1, -0.05) is 56.1 Å². The summed E-state index contributed by atoms with van der Waals surface area (Å²) in [6.45, 7) is 0.448. The van der Waals surface area contributed by atoms with Gasteiger partial charge in [0.15, 0.2) is 5.96 Å². The maximum Gasteiger partial charge on any atom is 0.230 e. The van der Waals surface area contributed by atoms with Gasteiger partial charge >= 0.3 is 0 Å². The summed E-state index contributed by atoms with van der Waals surface area (Å²) in [5.41, 5.74) is 10.6. The minimum absolute atomic E-state index is 0.242. The zero-order valence-corrected chi connectivity index (χ0v) is 21.0. The van der Waals surface area contributed by atoms with Crippen LogP contribution in [-0.2, 0) is 6.54 Å². The Morgan fingerprint density at radius 2 is 1.36 bits per heavy atom. The molecule has 1 aromatic heterocycles. The zero-order valence-electron chi connectivity index (χ0n) is 17.8. The van der Waals surface area contributed by atoms with Gasteiger partial charge in [0.25, 0.3) is 0 Å². The van der Waals surface area contributed by atoms with E-state index in [1.54, 1.807) is 7.11 Å². The quantitative estimate of drug-likeness (QED) is 0.212. The molecule has 4 aromatic rings. The van der Waals surface area contributed by atoms with Gasteiger partial charge in [-0.25, -0.2) is 15.0 Å². The fourth-order valence-corrected chi connectivity index (χ4v) is 3.63. The Labute approximate surface area is 209 Å². The van der Waals surface area contributed by atoms with E-state index in [1.807, 2.05) is 78.9 Å². The van der Waals surface area contributed by atoms with Crippen LogP contribution in [-0.4, -0.2) is 23.0 Å². The second-order valence-electron chi connectivity index (χ2n) is 7.15. The van der Waals surface area contributed by atoms with E-state index in [1.165, 1.54) is 0 Å². The van der Waals surface area contributed by atoms with Crippen LogP contribution < -0.4 is 15.8 Å². The first kappa shape index (κ1) is 22.9. The molecule has 0 unspecified atom stereocenters. The predicted octanol–water partition coefficient (Wildman–Crippen LogP) is 6.27. The van der Waals surface area contributed by atoms with Crippen molar-refractivity contribution < 1.29 is 4.74 Å². The Kier molecular flexibility index (Phi) is 7.36. The van der Waals surface area contributed by atoms with Gasteiger partial charge in [-0.3, -0.25) is 5.32 Å². The summed E-state index contributed by atoms with van der Waals surface area (Å²) in [6.07, 6.45) is 0. The highest BCUT2D eigenvalue weighted by molar-refractivity contribution is 9.10. The average molecular weight is 567 g/mol. The van der Waals surface area contributed by atoms with E-state index in [-0.39, 0.29) is 5.96 Å². The molecule has 0 aliphatic carbocycles. The van der Waals surface area contributed by atoms with E-state index in [0.717, 1.165) is 42.8 Å². The fourth-order valence-electron chi connectivity index (χ4n) is 3.10. The first-order chi connectivity index (χ1) is 16.0. The molecule has 0 aliphatic heterocycles. The number of anilines is 1. The Morgan fingerprint density at radius 3 is 1.91 bits per heavy atom. The van der Waals surface area contributed by atoms with E-state index in [4.69, 9.17) is 10.5 Å². The van der Waals surface area contributed by atoms with E-state index < -0.39 is 0 Å². The summed E-state index contributed by atoms with van der Waals surface area (Å²) in [6, 6.07) is 25.6. The van der Waals surface area contributed by atoms with Crippen LogP contribution in [0.5, 0.6) is 5.75 Å². The third-order valence-corrected chi connectivity index (χ3v) is 5.89. The topological polar surface area (TPSA) is 85.4 Å². The number of guanidine groups is 1. The van der Waals surface area contributed by atoms with Crippen LogP contribution in [0.15, 0.2) is 92.8 Å². The molecule has 3 aromatic carbocycles. The summed E-state index contributed by atoms with van der Waals surface area (Å²) in [7, 11) is 1.64. The van der Waals surface area contributed by atoms with Gasteiger partial charge in [0.2, 0.25) is 5.95 Å². The highest BCUT2D eigenvalue weighted by Gasteiger charge is 2.10. The van der Waals surface area contributed by atoms with Crippen LogP contribution >= 0.6 is 31.9 Å². The number of benzene rings is 3. The number of nitrogens with zero attached hydrogens (tertiary/aromatic N) is 3. The Bertz CT molecular complexity index is 1260. The number of nitrogens with one attached hydrogen (secondary N) is 1. The first-order valence-corrected chi connectivity index (χ1v) is 11.7. The molecule has 0 aliphatic rings. The summed E-state index contributed by atoms with van der Waals surface area (Å²) >= 11 is 6.91. The second kappa shape index (κ2) is 10.6. The van der Waals surface area contributed by atoms with E-state index in [2.05, 4.69) is 52.1 Å². The number of halogens is 2. The Morgan fingerprint density at radius 1 is 0.848 bits per heavy atom. The number of hydrogen-bond acceptors (Lipinski definition) is 4. The molecule has 33 heavy (non-hydrogen) atoms. The van der Waals surface area contributed by atoms with E-state index >= 15 is 0 Å². The summed E-state index contributed by atoms with van der Waals surface area (Å²) in [5, 5.41) is 3.04. The lowest BCUT2D eigenvalue weighted by Gasteiger charge is -2.11. The van der Waals surface area contributed by atoms with Crippen LogP contribution in [0, 0.1) is 0 Å². The molecule has 166 valence electrons. The third kappa shape index (κ3) is 6.18. The average Bonchev–Trinajstić information content (AvgIpc) is 2.84. The number of hydrogen-bond donors (Lipinski definition) is 2. The molecule has 0 atom stereocenters. The first-order valence-electron chi connectivity index (χ1n) is 10.1. The number of methoxy groups -OCH3 is 1. The fraction of sp³-hybridized carbons (Fsp3) is 0.0800. The van der Waals surface area contributed by atoms with Crippen molar-refractivity contribution in [1.82, 2.24) is 9.97 Å². The molecule has 0 spiro atoms. The van der Waals surface area contributed by atoms with Crippen molar-refractivity contribution >= 4 is 43.8 Å². The molecule has 3 N–H and O–H groups in total. The number of aromatic nitrogens is 2.